The molecule has 1 aliphatic carbocycles. The fraction of sp³-hybridized carbons (Fsp3) is 0.923. The quantitative estimate of drug-likeness (QED) is 0.795. The molecule has 3 nitrogen and oxygen atoms in total. The van der Waals surface area contributed by atoms with Crippen molar-refractivity contribution < 1.29 is 4.79 Å². The van der Waals surface area contributed by atoms with E-state index in [9.17, 15) is 4.79 Å². The van der Waals surface area contributed by atoms with Crippen molar-refractivity contribution in [3.8, 4) is 0 Å². The van der Waals surface area contributed by atoms with Crippen LogP contribution in [0.25, 0.3) is 0 Å². The molecule has 1 amide bonds. The monoisotopic (exact) mass is 226 g/mol. The number of carbonyl (C=O) groups excluding carboxylic acids is 1. The average molecular weight is 226 g/mol. The summed E-state index contributed by atoms with van der Waals surface area (Å²) in [5.74, 6) is 1.000. The highest BCUT2D eigenvalue weighted by molar-refractivity contribution is 5.78. The summed E-state index contributed by atoms with van der Waals surface area (Å²) in [5, 5.41) is 3.19. The molecule has 1 fully saturated rings. The molecule has 1 N–H and O–H groups in total. The van der Waals surface area contributed by atoms with Gasteiger partial charge in [0, 0.05) is 19.1 Å². The molecule has 0 aromatic rings. The zero-order valence-corrected chi connectivity index (χ0v) is 11.1. The topological polar surface area (TPSA) is 32.3 Å². The van der Waals surface area contributed by atoms with Crippen molar-refractivity contribution in [1.82, 2.24) is 10.2 Å². The maximum absolute atomic E-state index is 11.9. The summed E-state index contributed by atoms with van der Waals surface area (Å²) in [6.07, 6.45) is 4.93. The smallest absolute Gasteiger partial charge is 0.236 e. The highest BCUT2D eigenvalue weighted by atomic mass is 16.2. The number of nitrogens with one attached hydrogen (secondary N) is 1. The molecule has 16 heavy (non-hydrogen) atoms. The zero-order valence-electron chi connectivity index (χ0n) is 11.1. The van der Waals surface area contributed by atoms with E-state index < -0.39 is 0 Å². The number of nitrogens with zero attached hydrogens (tertiary/aromatic N) is 1. The summed E-state index contributed by atoms with van der Waals surface area (Å²) in [7, 11) is 1.95. The van der Waals surface area contributed by atoms with Gasteiger partial charge in [0.25, 0.3) is 0 Å². The minimum atomic E-state index is 0.229. The minimum Gasteiger partial charge on any atom is -0.342 e. The van der Waals surface area contributed by atoms with Gasteiger partial charge in [-0.3, -0.25) is 4.79 Å². The van der Waals surface area contributed by atoms with Crippen LogP contribution in [0.15, 0.2) is 0 Å². The van der Waals surface area contributed by atoms with E-state index in [1.807, 2.05) is 11.9 Å². The van der Waals surface area contributed by atoms with E-state index in [1.165, 1.54) is 25.7 Å². The third-order valence-corrected chi connectivity index (χ3v) is 3.51. The van der Waals surface area contributed by atoms with Gasteiger partial charge >= 0.3 is 0 Å². The van der Waals surface area contributed by atoms with Crippen molar-refractivity contribution in [2.75, 3.05) is 13.6 Å². The molecule has 2 unspecified atom stereocenters. The number of amides is 1. The second-order valence-corrected chi connectivity index (χ2v) is 5.47. The van der Waals surface area contributed by atoms with Gasteiger partial charge in [-0.05, 0) is 18.8 Å². The van der Waals surface area contributed by atoms with Crippen LogP contribution in [0.5, 0.6) is 0 Å². The first-order chi connectivity index (χ1) is 7.50. The Balaban J connectivity index is 2.37. The summed E-state index contributed by atoms with van der Waals surface area (Å²) in [6.45, 7) is 6.89. The Kier molecular flexibility index (Phi) is 5.26. The molecule has 0 saturated heterocycles. The van der Waals surface area contributed by atoms with E-state index in [-0.39, 0.29) is 5.91 Å². The predicted molar refractivity (Wildman–Crippen MR) is 67.3 cm³/mol. The molecule has 94 valence electrons. The van der Waals surface area contributed by atoms with Gasteiger partial charge < -0.3 is 10.2 Å². The molecule has 0 heterocycles. The Hall–Kier alpha value is -0.570. The van der Waals surface area contributed by atoms with Crippen molar-refractivity contribution in [1.29, 1.82) is 0 Å². The summed E-state index contributed by atoms with van der Waals surface area (Å²) in [6, 6.07) is 0.841. The predicted octanol–water partition coefficient (Wildman–Crippen LogP) is 2.02. The van der Waals surface area contributed by atoms with Crippen molar-refractivity contribution in [2.45, 2.75) is 58.5 Å². The fourth-order valence-electron chi connectivity index (χ4n) is 2.37. The van der Waals surface area contributed by atoms with Gasteiger partial charge in [0.1, 0.15) is 0 Å². The molecule has 0 spiro atoms. The fourth-order valence-corrected chi connectivity index (χ4v) is 2.37. The maximum atomic E-state index is 11.9. The lowest BCUT2D eigenvalue weighted by atomic mass is 9.86. The Morgan fingerprint density at radius 1 is 1.44 bits per heavy atom. The van der Waals surface area contributed by atoms with Gasteiger partial charge in [-0.15, -0.1) is 0 Å². The molecule has 0 bridgehead atoms. The van der Waals surface area contributed by atoms with Crippen LogP contribution in [0.2, 0.25) is 0 Å². The van der Waals surface area contributed by atoms with Crippen molar-refractivity contribution in [3.63, 3.8) is 0 Å². The molecular weight excluding hydrogens is 200 g/mol. The number of rotatable bonds is 4. The largest absolute Gasteiger partial charge is 0.342 e. The van der Waals surface area contributed by atoms with Crippen molar-refractivity contribution in [3.05, 3.63) is 0 Å². The normalized spacial score (nSPS) is 25.8. The lowest BCUT2D eigenvalue weighted by molar-refractivity contribution is -0.131. The van der Waals surface area contributed by atoms with Crippen LogP contribution < -0.4 is 5.32 Å². The van der Waals surface area contributed by atoms with E-state index >= 15 is 0 Å². The maximum Gasteiger partial charge on any atom is 0.236 e. The third kappa shape index (κ3) is 4.12. The van der Waals surface area contributed by atoms with Gasteiger partial charge in [-0.2, -0.15) is 0 Å². The Labute approximate surface area is 99.6 Å². The number of carbonyl (C=O) groups is 1. The molecule has 0 aromatic carbocycles. The van der Waals surface area contributed by atoms with Gasteiger partial charge in [-0.1, -0.05) is 33.6 Å². The van der Waals surface area contributed by atoms with E-state index in [4.69, 9.17) is 0 Å². The molecule has 1 saturated carbocycles. The SMILES string of the molecule is CC1CCCC(N(C)C(=O)CNC(C)C)C1. The molecule has 1 rings (SSSR count). The number of likely N-dealkylation sites (N-methyl/N-ethyl adjacent to an activating group) is 1. The summed E-state index contributed by atoms with van der Waals surface area (Å²) in [4.78, 5) is 13.9. The van der Waals surface area contributed by atoms with Crippen molar-refractivity contribution in [2.24, 2.45) is 5.92 Å². The summed E-state index contributed by atoms with van der Waals surface area (Å²) in [5.41, 5.74) is 0. The molecule has 2 atom stereocenters. The summed E-state index contributed by atoms with van der Waals surface area (Å²) >= 11 is 0. The van der Waals surface area contributed by atoms with E-state index in [1.54, 1.807) is 0 Å². The second-order valence-electron chi connectivity index (χ2n) is 5.47. The number of hydrogen-bond donors (Lipinski definition) is 1. The minimum absolute atomic E-state index is 0.229. The lowest BCUT2D eigenvalue weighted by Gasteiger charge is -2.34. The second kappa shape index (κ2) is 6.24. The first-order valence-corrected chi connectivity index (χ1v) is 6.49. The molecular formula is C13H26N2O. The molecule has 0 radical (unpaired) electrons. The van der Waals surface area contributed by atoms with Crippen LogP contribution in [-0.4, -0.2) is 36.5 Å². The third-order valence-electron chi connectivity index (χ3n) is 3.51. The van der Waals surface area contributed by atoms with Crippen LogP contribution in [0.1, 0.15) is 46.5 Å². The first-order valence-electron chi connectivity index (χ1n) is 6.49. The molecule has 0 aliphatic heterocycles. The van der Waals surface area contributed by atoms with Gasteiger partial charge in [0.15, 0.2) is 0 Å². The summed E-state index contributed by atoms with van der Waals surface area (Å²) < 4.78 is 0. The average Bonchev–Trinajstić information content (AvgIpc) is 2.24. The van der Waals surface area contributed by atoms with Crippen LogP contribution in [0.4, 0.5) is 0 Å². The highest BCUT2D eigenvalue weighted by Gasteiger charge is 2.24. The Morgan fingerprint density at radius 3 is 2.69 bits per heavy atom. The van der Waals surface area contributed by atoms with Crippen LogP contribution in [0.3, 0.4) is 0 Å². The van der Waals surface area contributed by atoms with Crippen molar-refractivity contribution >= 4 is 5.91 Å². The Bertz CT molecular complexity index is 228. The molecule has 0 aromatic heterocycles. The Morgan fingerprint density at radius 2 is 2.12 bits per heavy atom. The zero-order chi connectivity index (χ0) is 12.1. The molecule has 1 aliphatic rings. The van der Waals surface area contributed by atoms with E-state index in [2.05, 4.69) is 26.1 Å². The van der Waals surface area contributed by atoms with Gasteiger partial charge in [0.05, 0.1) is 6.54 Å². The van der Waals surface area contributed by atoms with Gasteiger partial charge in [0.2, 0.25) is 5.91 Å². The van der Waals surface area contributed by atoms with Gasteiger partial charge in [-0.25, -0.2) is 0 Å². The lowest BCUT2D eigenvalue weighted by Crippen LogP contribution is -2.44. The van der Waals surface area contributed by atoms with Crippen LogP contribution >= 0.6 is 0 Å². The highest BCUT2D eigenvalue weighted by Crippen LogP contribution is 2.26. The first kappa shape index (κ1) is 13.5. The van der Waals surface area contributed by atoms with Crippen LogP contribution in [-0.2, 0) is 4.79 Å². The van der Waals surface area contributed by atoms with E-state index in [0.29, 0.717) is 18.6 Å². The number of hydrogen-bond acceptors (Lipinski definition) is 2. The van der Waals surface area contributed by atoms with E-state index in [0.717, 1.165) is 5.92 Å². The molecule has 3 heteroatoms. The standard InChI is InChI=1S/C13H26N2O/c1-10(2)14-9-13(16)15(4)12-7-5-6-11(3)8-12/h10-12,14H,5-9H2,1-4H3. The van der Waals surface area contributed by atoms with Crippen LogP contribution in [0, 0.1) is 5.92 Å².